The summed E-state index contributed by atoms with van der Waals surface area (Å²) in [6.45, 7) is 3.12. The van der Waals surface area contributed by atoms with E-state index in [1.165, 1.54) is 30.4 Å². The van der Waals surface area contributed by atoms with Gasteiger partial charge in [-0.3, -0.25) is 14.4 Å². The lowest BCUT2D eigenvalue weighted by atomic mass is 9.93. The highest BCUT2D eigenvalue weighted by molar-refractivity contribution is 7.12. The summed E-state index contributed by atoms with van der Waals surface area (Å²) in [6.07, 6.45) is 0. The average molecular weight is 326 g/mol. The van der Waals surface area contributed by atoms with Crippen LogP contribution in [-0.2, 0) is 4.79 Å². The molecule has 0 unspecified atom stereocenters. The SMILES string of the molecule is CC(=O)Nc1cccc(C(=O)[C@@H](C#N)C(=O)c2sccc2C)c1. The number of hydrogen-bond donors (Lipinski definition) is 1. The second kappa shape index (κ2) is 6.99. The van der Waals surface area contributed by atoms with Crippen molar-refractivity contribution in [2.24, 2.45) is 5.92 Å². The van der Waals surface area contributed by atoms with E-state index in [0.717, 1.165) is 5.56 Å². The molecular formula is C17H14N2O3S. The highest BCUT2D eigenvalue weighted by atomic mass is 32.1. The number of benzene rings is 1. The molecule has 2 aromatic rings. The van der Waals surface area contributed by atoms with Crippen LogP contribution in [0.4, 0.5) is 5.69 Å². The van der Waals surface area contributed by atoms with E-state index >= 15 is 0 Å². The van der Waals surface area contributed by atoms with E-state index in [1.807, 2.05) is 0 Å². The number of nitrogens with one attached hydrogen (secondary N) is 1. The Balaban J connectivity index is 2.31. The summed E-state index contributed by atoms with van der Waals surface area (Å²) in [5.74, 6) is -2.72. The van der Waals surface area contributed by atoms with E-state index in [0.29, 0.717) is 10.6 Å². The normalized spacial score (nSPS) is 11.3. The van der Waals surface area contributed by atoms with Crippen molar-refractivity contribution in [1.82, 2.24) is 0 Å². The predicted molar refractivity (Wildman–Crippen MR) is 87.6 cm³/mol. The van der Waals surface area contributed by atoms with Crippen LogP contribution in [0.25, 0.3) is 0 Å². The number of anilines is 1. The Kier molecular flexibility index (Phi) is 5.04. The largest absolute Gasteiger partial charge is 0.326 e. The number of aryl methyl sites for hydroxylation is 1. The molecule has 5 nitrogen and oxygen atoms in total. The smallest absolute Gasteiger partial charge is 0.221 e. The van der Waals surface area contributed by atoms with Gasteiger partial charge in [-0.2, -0.15) is 5.26 Å². The summed E-state index contributed by atoms with van der Waals surface area (Å²) in [4.78, 5) is 36.4. The third kappa shape index (κ3) is 3.71. The van der Waals surface area contributed by atoms with Gasteiger partial charge in [0.2, 0.25) is 5.91 Å². The van der Waals surface area contributed by atoms with E-state index in [-0.39, 0.29) is 11.5 Å². The van der Waals surface area contributed by atoms with Crippen LogP contribution in [0.5, 0.6) is 0 Å². The maximum Gasteiger partial charge on any atom is 0.221 e. The zero-order valence-electron chi connectivity index (χ0n) is 12.6. The molecule has 116 valence electrons. The second-order valence-corrected chi connectivity index (χ2v) is 5.90. The number of Topliss-reactive ketones (excluding diaryl/α,β-unsaturated/α-hetero) is 2. The molecule has 1 heterocycles. The fourth-order valence-electron chi connectivity index (χ4n) is 2.11. The molecule has 0 saturated heterocycles. The van der Waals surface area contributed by atoms with Crippen molar-refractivity contribution in [1.29, 1.82) is 5.26 Å². The summed E-state index contributed by atoms with van der Waals surface area (Å²) in [5.41, 5.74) is 1.41. The summed E-state index contributed by atoms with van der Waals surface area (Å²) >= 11 is 1.22. The third-order valence-corrected chi connectivity index (χ3v) is 4.24. The number of rotatable bonds is 5. The zero-order chi connectivity index (χ0) is 17.0. The molecule has 1 aromatic carbocycles. The lowest BCUT2D eigenvalue weighted by Gasteiger charge is -2.09. The van der Waals surface area contributed by atoms with Crippen LogP contribution in [0, 0.1) is 24.2 Å². The maximum atomic E-state index is 12.5. The average Bonchev–Trinajstić information content (AvgIpc) is 2.93. The highest BCUT2D eigenvalue weighted by Gasteiger charge is 2.30. The molecule has 0 aliphatic heterocycles. The molecule has 0 aliphatic rings. The van der Waals surface area contributed by atoms with Gasteiger partial charge in [0, 0.05) is 18.2 Å². The Morgan fingerprint density at radius 2 is 1.96 bits per heavy atom. The van der Waals surface area contributed by atoms with Gasteiger partial charge in [0.25, 0.3) is 0 Å². The van der Waals surface area contributed by atoms with E-state index in [4.69, 9.17) is 0 Å². The summed E-state index contributed by atoms with van der Waals surface area (Å²) in [7, 11) is 0. The van der Waals surface area contributed by atoms with Crippen molar-refractivity contribution in [3.63, 3.8) is 0 Å². The van der Waals surface area contributed by atoms with Crippen molar-refractivity contribution in [3.8, 4) is 6.07 Å². The van der Waals surface area contributed by atoms with Crippen LogP contribution in [0.3, 0.4) is 0 Å². The molecule has 0 aliphatic carbocycles. The molecule has 23 heavy (non-hydrogen) atoms. The van der Waals surface area contributed by atoms with Crippen LogP contribution in [0.15, 0.2) is 35.7 Å². The number of hydrogen-bond acceptors (Lipinski definition) is 5. The van der Waals surface area contributed by atoms with Gasteiger partial charge in [0.05, 0.1) is 10.9 Å². The lowest BCUT2D eigenvalue weighted by molar-refractivity contribution is -0.114. The van der Waals surface area contributed by atoms with Gasteiger partial charge in [-0.15, -0.1) is 11.3 Å². The van der Waals surface area contributed by atoms with Gasteiger partial charge in [0.15, 0.2) is 17.5 Å². The Labute approximate surface area is 137 Å². The minimum absolute atomic E-state index is 0.213. The third-order valence-electron chi connectivity index (χ3n) is 3.21. The first-order chi connectivity index (χ1) is 10.9. The number of nitrogens with zero attached hydrogens (tertiary/aromatic N) is 1. The topological polar surface area (TPSA) is 87.0 Å². The standard InChI is InChI=1S/C17H14N2O3S/c1-10-6-7-23-17(10)16(22)14(9-18)15(21)12-4-3-5-13(8-12)19-11(2)20/h3-8,14H,1-2H3,(H,19,20)/t14-/m1/s1. The summed E-state index contributed by atoms with van der Waals surface area (Å²) in [5, 5.41) is 13.6. The van der Waals surface area contributed by atoms with E-state index < -0.39 is 17.5 Å². The number of carbonyl (C=O) groups is 3. The van der Waals surface area contributed by atoms with E-state index in [2.05, 4.69) is 5.32 Å². The Hall–Kier alpha value is -2.78. The monoisotopic (exact) mass is 326 g/mol. The van der Waals surface area contributed by atoms with Gasteiger partial charge in [0.1, 0.15) is 0 Å². The number of nitriles is 1. The highest BCUT2D eigenvalue weighted by Crippen LogP contribution is 2.23. The first kappa shape index (κ1) is 16.6. The Bertz CT molecular complexity index is 817. The van der Waals surface area contributed by atoms with Crippen molar-refractivity contribution < 1.29 is 14.4 Å². The fourth-order valence-corrected chi connectivity index (χ4v) is 3.01. The molecule has 0 radical (unpaired) electrons. The quantitative estimate of drug-likeness (QED) is 0.675. The van der Waals surface area contributed by atoms with Gasteiger partial charge in [-0.25, -0.2) is 0 Å². The van der Waals surface area contributed by atoms with Crippen LogP contribution >= 0.6 is 11.3 Å². The first-order valence-corrected chi connectivity index (χ1v) is 7.71. The molecule has 0 fully saturated rings. The van der Waals surface area contributed by atoms with Crippen molar-refractivity contribution in [2.75, 3.05) is 5.32 Å². The molecule has 1 N–H and O–H groups in total. The molecular weight excluding hydrogens is 312 g/mol. The molecule has 1 aromatic heterocycles. The van der Waals surface area contributed by atoms with Gasteiger partial charge < -0.3 is 5.32 Å². The second-order valence-electron chi connectivity index (χ2n) is 4.99. The van der Waals surface area contributed by atoms with E-state index in [1.54, 1.807) is 36.6 Å². The molecule has 6 heteroatoms. The number of amides is 1. The maximum absolute atomic E-state index is 12.5. The first-order valence-electron chi connectivity index (χ1n) is 6.84. The van der Waals surface area contributed by atoms with Crippen molar-refractivity contribution in [3.05, 3.63) is 51.7 Å². The predicted octanol–water partition coefficient (Wildman–Crippen LogP) is 3.22. The van der Waals surface area contributed by atoms with Crippen LogP contribution in [-0.4, -0.2) is 17.5 Å². The number of carbonyl (C=O) groups excluding carboxylic acids is 3. The van der Waals surface area contributed by atoms with Crippen LogP contribution in [0.2, 0.25) is 0 Å². The minimum atomic E-state index is -1.39. The fraction of sp³-hybridized carbons (Fsp3) is 0.176. The number of thiophene rings is 1. The molecule has 2 rings (SSSR count). The molecule has 0 saturated carbocycles. The lowest BCUT2D eigenvalue weighted by Crippen LogP contribution is -2.23. The van der Waals surface area contributed by atoms with Gasteiger partial charge in [-0.05, 0) is 36.1 Å². The van der Waals surface area contributed by atoms with Gasteiger partial charge in [-0.1, -0.05) is 12.1 Å². The van der Waals surface area contributed by atoms with Gasteiger partial charge >= 0.3 is 0 Å². The van der Waals surface area contributed by atoms with Crippen molar-refractivity contribution >= 4 is 34.5 Å². The summed E-state index contributed by atoms with van der Waals surface area (Å²) < 4.78 is 0. The minimum Gasteiger partial charge on any atom is -0.326 e. The Morgan fingerprint density at radius 3 is 2.52 bits per heavy atom. The van der Waals surface area contributed by atoms with Crippen molar-refractivity contribution in [2.45, 2.75) is 13.8 Å². The molecule has 1 amide bonds. The number of ketones is 2. The Morgan fingerprint density at radius 1 is 1.22 bits per heavy atom. The molecule has 0 spiro atoms. The van der Waals surface area contributed by atoms with E-state index in [9.17, 15) is 19.6 Å². The van der Waals surface area contributed by atoms with Crippen LogP contribution in [0.1, 0.15) is 32.5 Å². The molecule has 0 bridgehead atoms. The summed E-state index contributed by atoms with van der Waals surface area (Å²) in [6, 6.07) is 9.77. The molecule has 1 atom stereocenters. The van der Waals surface area contributed by atoms with Crippen LogP contribution < -0.4 is 5.32 Å². The zero-order valence-corrected chi connectivity index (χ0v) is 13.4.